The number of aliphatic hydroxyl groups is 1. The second kappa shape index (κ2) is 6.27. The molecule has 0 unspecified atom stereocenters. The average Bonchev–Trinajstić information content (AvgIpc) is 2.40. The van der Waals surface area contributed by atoms with Crippen LogP contribution in [0.15, 0.2) is 36.4 Å². The lowest BCUT2D eigenvalue weighted by molar-refractivity contribution is 0.198. The van der Waals surface area contributed by atoms with Crippen LogP contribution in [0, 0.1) is 12.7 Å². The summed E-state index contributed by atoms with van der Waals surface area (Å²) in [4.78, 5) is 0. The molecule has 0 fully saturated rings. The minimum atomic E-state index is -0.696. The Morgan fingerprint density at radius 3 is 2.29 bits per heavy atom. The molecule has 0 aliphatic rings. The molecule has 112 valence electrons. The van der Waals surface area contributed by atoms with E-state index in [9.17, 15) is 9.50 Å². The number of benzene rings is 2. The lowest BCUT2D eigenvalue weighted by Crippen LogP contribution is -1.98. The van der Waals surface area contributed by atoms with Crippen LogP contribution in [0.3, 0.4) is 0 Å². The van der Waals surface area contributed by atoms with Crippen molar-refractivity contribution in [1.82, 2.24) is 0 Å². The minimum Gasteiger partial charge on any atom is -0.454 e. The van der Waals surface area contributed by atoms with Crippen molar-refractivity contribution in [2.45, 2.75) is 39.7 Å². The normalized spacial score (nSPS) is 12.5. The molecule has 0 heterocycles. The molecule has 21 heavy (non-hydrogen) atoms. The van der Waals surface area contributed by atoms with E-state index in [1.165, 1.54) is 6.07 Å². The van der Waals surface area contributed by atoms with Crippen molar-refractivity contribution >= 4 is 0 Å². The molecule has 1 atom stereocenters. The van der Waals surface area contributed by atoms with Crippen LogP contribution < -0.4 is 4.74 Å². The first-order chi connectivity index (χ1) is 9.88. The smallest absolute Gasteiger partial charge is 0.166 e. The Morgan fingerprint density at radius 2 is 1.71 bits per heavy atom. The molecule has 0 aliphatic heterocycles. The quantitative estimate of drug-likeness (QED) is 0.847. The van der Waals surface area contributed by atoms with Crippen molar-refractivity contribution in [2.24, 2.45) is 0 Å². The lowest BCUT2D eigenvalue weighted by atomic mass is 10.0. The SMILES string of the molecule is Cc1ccc(C(C)C)c(Oc2ccc([C@@H](C)O)cc2F)c1. The first-order valence-electron chi connectivity index (χ1n) is 7.14. The van der Waals surface area contributed by atoms with Crippen molar-refractivity contribution in [3.05, 3.63) is 58.9 Å². The summed E-state index contributed by atoms with van der Waals surface area (Å²) >= 11 is 0. The van der Waals surface area contributed by atoms with E-state index in [2.05, 4.69) is 13.8 Å². The second-order valence-corrected chi connectivity index (χ2v) is 5.66. The Bertz CT molecular complexity index is 633. The zero-order valence-electron chi connectivity index (χ0n) is 12.9. The third-order valence-corrected chi connectivity index (χ3v) is 3.45. The van der Waals surface area contributed by atoms with E-state index in [4.69, 9.17) is 4.74 Å². The van der Waals surface area contributed by atoms with Crippen molar-refractivity contribution in [1.29, 1.82) is 0 Å². The Hall–Kier alpha value is -1.87. The van der Waals surface area contributed by atoms with Gasteiger partial charge in [-0.15, -0.1) is 0 Å². The van der Waals surface area contributed by atoms with Gasteiger partial charge in [-0.3, -0.25) is 0 Å². The molecule has 0 saturated heterocycles. The van der Waals surface area contributed by atoms with Gasteiger partial charge in [0.15, 0.2) is 11.6 Å². The Morgan fingerprint density at radius 1 is 1.00 bits per heavy atom. The largest absolute Gasteiger partial charge is 0.454 e. The number of hydrogen-bond donors (Lipinski definition) is 1. The third-order valence-electron chi connectivity index (χ3n) is 3.45. The Kier molecular flexibility index (Phi) is 4.63. The molecule has 1 N–H and O–H groups in total. The summed E-state index contributed by atoms with van der Waals surface area (Å²) < 4.78 is 19.9. The topological polar surface area (TPSA) is 29.5 Å². The van der Waals surface area contributed by atoms with Crippen LogP contribution >= 0.6 is 0 Å². The molecule has 3 heteroatoms. The summed E-state index contributed by atoms with van der Waals surface area (Å²) in [6.07, 6.45) is -0.696. The summed E-state index contributed by atoms with van der Waals surface area (Å²) in [6, 6.07) is 10.5. The van der Waals surface area contributed by atoms with E-state index in [1.807, 2.05) is 25.1 Å². The van der Waals surface area contributed by atoms with Crippen LogP contribution in [0.4, 0.5) is 4.39 Å². The van der Waals surface area contributed by atoms with E-state index in [-0.39, 0.29) is 5.75 Å². The highest BCUT2D eigenvalue weighted by Crippen LogP contribution is 2.33. The fourth-order valence-electron chi connectivity index (χ4n) is 2.19. The molecule has 2 aromatic rings. The number of hydrogen-bond acceptors (Lipinski definition) is 2. The van der Waals surface area contributed by atoms with Crippen molar-refractivity contribution in [3.63, 3.8) is 0 Å². The van der Waals surface area contributed by atoms with Crippen molar-refractivity contribution < 1.29 is 14.2 Å². The first kappa shape index (κ1) is 15.5. The maximum atomic E-state index is 14.1. The van der Waals surface area contributed by atoms with E-state index < -0.39 is 11.9 Å². The first-order valence-corrected chi connectivity index (χ1v) is 7.14. The fourth-order valence-corrected chi connectivity index (χ4v) is 2.19. The number of aryl methyl sites for hydroxylation is 1. The monoisotopic (exact) mass is 288 g/mol. The molecule has 0 aromatic heterocycles. The molecule has 2 rings (SSSR count). The predicted octanol–water partition coefficient (Wildman–Crippen LogP) is 5.10. The van der Waals surface area contributed by atoms with Gasteiger partial charge in [0.05, 0.1) is 6.10 Å². The summed E-state index contributed by atoms with van der Waals surface area (Å²) in [5.74, 6) is 0.672. The molecular formula is C18H21FO2. The van der Waals surface area contributed by atoms with Crippen molar-refractivity contribution in [3.8, 4) is 11.5 Å². The summed E-state index contributed by atoms with van der Waals surface area (Å²) in [5, 5.41) is 9.47. The van der Waals surface area contributed by atoms with Gasteiger partial charge in [-0.1, -0.05) is 32.0 Å². The van der Waals surface area contributed by atoms with E-state index in [0.717, 1.165) is 11.1 Å². The van der Waals surface area contributed by atoms with E-state index in [0.29, 0.717) is 17.2 Å². The molecule has 0 aliphatic carbocycles. The maximum absolute atomic E-state index is 14.1. The molecule has 0 bridgehead atoms. The summed E-state index contributed by atoms with van der Waals surface area (Å²) in [5.41, 5.74) is 2.64. The number of aliphatic hydroxyl groups excluding tert-OH is 1. The highest BCUT2D eigenvalue weighted by Gasteiger charge is 2.13. The van der Waals surface area contributed by atoms with Gasteiger partial charge in [-0.05, 0) is 54.7 Å². The fraction of sp³-hybridized carbons (Fsp3) is 0.333. The van der Waals surface area contributed by atoms with Gasteiger partial charge in [-0.25, -0.2) is 4.39 Å². The molecule has 0 saturated carbocycles. The van der Waals surface area contributed by atoms with Crippen LogP contribution in [-0.2, 0) is 0 Å². The number of rotatable bonds is 4. The average molecular weight is 288 g/mol. The zero-order chi connectivity index (χ0) is 15.6. The molecule has 2 nitrogen and oxygen atoms in total. The van der Waals surface area contributed by atoms with Gasteiger partial charge in [0.1, 0.15) is 5.75 Å². The maximum Gasteiger partial charge on any atom is 0.166 e. The standard InChI is InChI=1S/C18H21FO2/c1-11(2)15-7-5-12(3)9-18(15)21-17-8-6-14(13(4)20)10-16(17)19/h5-11,13,20H,1-4H3/t13-/m1/s1. The number of halogens is 1. The zero-order valence-corrected chi connectivity index (χ0v) is 12.9. The van der Waals surface area contributed by atoms with Gasteiger partial charge < -0.3 is 9.84 Å². The van der Waals surface area contributed by atoms with Crippen LogP contribution in [0.25, 0.3) is 0 Å². The minimum absolute atomic E-state index is 0.173. The van der Waals surface area contributed by atoms with Gasteiger partial charge in [-0.2, -0.15) is 0 Å². The Balaban J connectivity index is 2.36. The Labute approximate surface area is 125 Å². The van der Waals surface area contributed by atoms with Gasteiger partial charge in [0.25, 0.3) is 0 Å². The predicted molar refractivity (Wildman–Crippen MR) is 82.4 cm³/mol. The highest BCUT2D eigenvalue weighted by molar-refractivity contribution is 5.43. The summed E-state index contributed by atoms with van der Waals surface area (Å²) in [7, 11) is 0. The molecular weight excluding hydrogens is 267 g/mol. The van der Waals surface area contributed by atoms with Gasteiger partial charge >= 0.3 is 0 Å². The van der Waals surface area contributed by atoms with E-state index >= 15 is 0 Å². The molecule has 0 amide bonds. The molecule has 0 spiro atoms. The van der Waals surface area contributed by atoms with Crippen LogP contribution in [0.2, 0.25) is 0 Å². The van der Waals surface area contributed by atoms with E-state index in [1.54, 1.807) is 19.1 Å². The second-order valence-electron chi connectivity index (χ2n) is 5.66. The van der Waals surface area contributed by atoms with Gasteiger partial charge in [0.2, 0.25) is 0 Å². The van der Waals surface area contributed by atoms with Crippen LogP contribution in [0.5, 0.6) is 11.5 Å². The van der Waals surface area contributed by atoms with Crippen molar-refractivity contribution in [2.75, 3.05) is 0 Å². The van der Waals surface area contributed by atoms with Gasteiger partial charge in [0, 0.05) is 0 Å². The number of ether oxygens (including phenoxy) is 1. The highest BCUT2D eigenvalue weighted by atomic mass is 19.1. The molecule has 2 aromatic carbocycles. The third kappa shape index (κ3) is 3.61. The molecule has 0 radical (unpaired) electrons. The lowest BCUT2D eigenvalue weighted by Gasteiger charge is -2.15. The van der Waals surface area contributed by atoms with Crippen LogP contribution in [0.1, 0.15) is 49.5 Å². The summed E-state index contributed by atoms with van der Waals surface area (Å²) in [6.45, 7) is 7.73. The van der Waals surface area contributed by atoms with Crippen LogP contribution in [-0.4, -0.2) is 5.11 Å².